The lowest BCUT2D eigenvalue weighted by Crippen LogP contribution is -2.40. The van der Waals surface area contributed by atoms with Gasteiger partial charge in [0.1, 0.15) is 9.79 Å². The number of hydrogen-bond donors (Lipinski definition) is 2. The maximum atomic E-state index is 12.6. The first kappa shape index (κ1) is 18.7. The molecule has 0 unspecified atom stereocenters. The number of rotatable bonds is 6. The molecule has 1 aromatic rings. The minimum Gasteiger partial charge on any atom is -0.370 e. The van der Waals surface area contributed by atoms with Crippen LogP contribution in [0.2, 0.25) is 5.02 Å². The van der Waals surface area contributed by atoms with Crippen molar-refractivity contribution in [3.05, 3.63) is 27.3 Å². The molecule has 0 spiro atoms. The van der Waals surface area contributed by atoms with Gasteiger partial charge < -0.3 is 10.2 Å². The summed E-state index contributed by atoms with van der Waals surface area (Å²) < 4.78 is 49.1. The normalized spacial score (nSPS) is 16.9. The number of fused-ring (bicyclic) bond motifs is 1. The highest BCUT2D eigenvalue weighted by atomic mass is 35.5. The molecule has 1 aromatic carbocycles. The van der Waals surface area contributed by atoms with E-state index < -0.39 is 30.0 Å². The van der Waals surface area contributed by atoms with Crippen LogP contribution in [0.1, 0.15) is 6.42 Å². The van der Waals surface area contributed by atoms with E-state index in [9.17, 15) is 26.9 Å². The van der Waals surface area contributed by atoms with Crippen LogP contribution in [-0.2, 0) is 24.9 Å². The maximum Gasteiger partial charge on any atom is 0.294 e. The zero-order chi connectivity index (χ0) is 18.1. The van der Waals surface area contributed by atoms with Gasteiger partial charge in [-0.3, -0.25) is 0 Å². The Balaban J connectivity index is 2.30. The predicted octanol–water partition coefficient (Wildman–Crippen LogP) is -0.0405. The molecule has 2 rings (SSSR count). The fraction of sp³-hybridized carbons (Fsp3) is 0.400. The van der Waals surface area contributed by atoms with Crippen molar-refractivity contribution in [2.45, 2.75) is 16.2 Å². The molecule has 1 heterocycles. The van der Waals surface area contributed by atoms with E-state index in [1.807, 2.05) is 0 Å². The lowest BCUT2D eigenvalue weighted by molar-refractivity contribution is -0.757. The Morgan fingerprint density at radius 2 is 2.12 bits per heavy atom. The SMILES string of the molecule is NS(=O)(=O)c1cc2c(cc1Cl)NCN(CCCO[N+](=O)[O-])S2(=O)=O. The summed E-state index contributed by atoms with van der Waals surface area (Å²) >= 11 is 5.82. The van der Waals surface area contributed by atoms with Crippen molar-refractivity contribution in [2.75, 3.05) is 25.1 Å². The Bertz CT molecular complexity index is 871. The van der Waals surface area contributed by atoms with E-state index in [0.717, 1.165) is 10.4 Å². The standard InChI is InChI=1S/C10H13ClN4O7S2/c11-7-4-8-10(5-9(7)23(12,18)19)24(20,21)14(6-13-8)2-1-3-22-15(16)17/h4-5,13H,1-3,6H2,(H2,12,18,19). The zero-order valence-corrected chi connectivity index (χ0v) is 14.4. The number of benzene rings is 1. The van der Waals surface area contributed by atoms with Crippen LogP contribution in [0, 0.1) is 10.1 Å². The lowest BCUT2D eigenvalue weighted by Gasteiger charge is -2.29. The van der Waals surface area contributed by atoms with Gasteiger partial charge in [0.25, 0.3) is 5.09 Å². The van der Waals surface area contributed by atoms with Gasteiger partial charge >= 0.3 is 0 Å². The van der Waals surface area contributed by atoms with Gasteiger partial charge in [0.05, 0.1) is 24.0 Å². The summed E-state index contributed by atoms with van der Waals surface area (Å²) in [4.78, 5) is 13.4. The molecule has 1 aliphatic heterocycles. The molecule has 0 amide bonds. The van der Waals surface area contributed by atoms with E-state index in [1.54, 1.807) is 0 Å². The van der Waals surface area contributed by atoms with Gasteiger partial charge in [-0.2, -0.15) is 4.31 Å². The number of hydrogen-bond acceptors (Lipinski definition) is 8. The minimum atomic E-state index is -4.20. The third-order valence-electron chi connectivity index (χ3n) is 3.15. The van der Waals surface area contributed by atoms with Gasteiger partial charge in [0.15, 0.2) is 0 Å². The van der Waals surface area contributed by atoms with Crippen LogP contribution >= 0.6 is 11.6 Å². The van der Waals surface area contributed by atoms with Gasteiger partial charge in [-0.1, -0.05) is 11.6 Å². The van der Waals surface area contributed by atoms with Crippen molar-refractivity contribution < 1.29 is 26.8 Å². The summed E-state index contributed by atoms with van der Waals surface area (Å²) in [5.74, 6) is 0. The van der Waals surface area contributed by atoms with Crippen molar-refractivity contribution in [1.82, 2.24) is 4.31 Å². The van der Waals surface area contributed by atoms with Crippen LogP contribution in [0.5, 0.6) is 0 Å². The Hall–Kier alpha value is -1.67. The summed E-state index contributed by atoms with van der Waals surface area (Å²) in [6.45, 7) is -0.427. The molecule has 134 valence electrons. The van der Waals surface area contributed by atoms with Crippen molar-refractivity contribution in [3.8, 4) is 0 Å². The highest BCUT2D eigenvalue weighted by molar-refractivity contribution is 7.90. The molecular formula is C10H13ClN4O7S2. The third kappa shape index (κ3) is 3.87. The van der Waals surface area contributed by atoms with Crippen molar-refractivity contribution in [2.24, 2.45) is 5.14 Å². The van der Waals surface area contributed by atoms with Crippen LogP contribution in [-0.4, -0.2) is 46.0 Å². The molecule has 0 saturated heterocycles. The fourth-order valence-corrected chi connectivity index (χ4v) is 4.81. The number of halogens is 1. The number of nitrogens with one attached hydrogen (secondary N) is 1. The Kier molecular flexibility index (Phi) is 5.19. The molecule has 11 nitrogen and oxygen atoms in total. The van der Waals surface area contributed by atoms with E-state index in [0.29, 0.717) is 0 Å². The summed E-state index contributed by atoms with van der Waals surface area (Å²) in [6.07, 6.45) is 0.0762. The van der Waals surface area contributed by atoms with Gasteiger partial charge in [-0.05, 0) is 18.6 Å². The maximum absolute atomic E-state index is 12.6. The molecule has 0 aromatic heterocycles. The number of sulfonamides is 2. The first-order chi connectivity index (χ1) is 11.0. The average Bonchev–Trinajstić information content (AvgIpc) is 2.43. The molecule has 24 heavy (non-hydrogen) atoms. The van der Waals surface area contributed by atoms with Crippen LogP contribution < -0.4 is 10.5 Å². The van der Waals surface area contributed by atoms with Crippen LogP contribution in [0.15, 0.2) is 21.9 Å². The first-order valence-electron chi connectivity index (χ1n) is 6.41. The number of primary sulfonamides is 1. The second-order valence-corrected chi connectivity index (χ2v) is 8.59. The van der Waals surface area contributed by atoms with E-state index in [-0.39, 0.29) is 41.8 Å². The van der Waals surface area contributed by atoms with E-state index in [4.69, 9.17) is 16.7 Å². The van der Waals surface area contributed by atoms with E-state index in [2.05, 4.69) is 10.2 Å². The Labute approximate surface area is 142 Å². The smallest absolute Gasteiger partial charge is 0.294 e. The van der Waals surface area contributed by atoms with E-state index in [1.165, 1.54) is 6.07 Å². The predicted molar refractivity (Wildman–Crippen MR) is 82.8 cm³/mol. The van der Waals surface area contributed by atoms with Crippen molar-refractivity contribution >= 4 is 37.3 Å². The molecular weight excluding hydrogens is 388 g/mol. The summed E-state index contributed by atoms with van der Waals surface area (Å²) in [7, 11) is -8.22. The Morgan fingerprint density at radius 3 is 2.71 bits per heavy atom. The summed E-state index contributed by atoms with van der Waals surface area (Å²) in [5.41, 5.74) is 0.144. The minimum absolute atomic E-state index is 0.0596. The highest BCUT2D eigenvalue weighted by Gasteiger charge is 2.33. The van der Waals surface area contributed by atoms with Gasteiger partial charge in [-0.15, -0.1) is 10.1 Å². The van der Waals surface area contributed by atoms with Gasteiger partial charge in [0.2, 0.25) is 20.0 Å². The number of nitrogens with zero attached hydrogens (tertiary/aromatic N) is 2. The third-order valence-corrected chi connectivity index (χ3v) is 6.41. The number of anilines is 1. The largest absolute Gasteiger partial charge is 0.370 e. The van der Waals surface area contributed by atoms with Gasteiger partial charge in [-0.25, -0.2) is 22.0 Å². The van der Waals surface area contributed by atoms with Crippen LogP contribution in [0.25, 0.3) is 0 Å². The summed E-state index contributed by atoms with van der Waals surface area (Å²) in [6, 6.07) is 2.05. The van der Waals surface area contributed by atoms with E-state index >= 15 is 0 Å². The second-order valence-electron chi connectivity index (χ2n) is 4.75. The molecule has 3 N–H and O–H groups in total. The fourth-order valence-electron chi connectivity index (χ4n) is 2.08. The topological polar surface area (TPSA) is 162 Å². The molecule has 0 aliphatic carbocycles. The van der Waals surface area contributed by atoms with Crippen LogP contribution in [0.4, 0.5) is 5.69 Å². The number of nitrogens with two attached hydrogens (primary N) is 1. The quantitative estimate of drug-likeness (QED) is 0.381. The molecule has 0 atom stereocenters. The average molecular weight is 401 g/mol. The van der Waals surface area contributed by atoms with Gasteiger partial charge in [0, 0.05) is 6.54 Å². The molecule has 0 radical (unpaired) electrons. The zero-order valence-electron chi connectivity index (χ0n) is 12.0. The molecule has 14 heteroatoms. The monoisotopic (exact) mass is 400 g/mol. The van der Waals surface area contributed by atoms with Crippen molar-refractivity contribution in [1.29, 1.82) is 0 Å². The van der Waals surface area contributed by atoms with Crippen molar-refractivity contribution in [3.63, 3.8) is 0 Å². The molecule has 0 bridgehead atoms. The first-order valence-corrected chi connectivity index (χ1v) is 9.77. The Morgan fingerprint density at radius 1 is 1.46 bits per heavy atom. The molecule has 1 aliphatic rings. The summed E-state index contributed by atoms with van der Waals surface area (Å²) in [5, 5.41) is 16.7. The molecule has 0 saturated carbocycles. The highest BCUT2D eigenvalue weighted by Crippen LogP contribution is 2.35. The lowest BCUT2D eigenvalue weighted by atomic mass is 10.3. The van der Waals surface area contributed by atoms with Crippen LogP contribution in [0.3, 0.4) is 0 Å². The molecule has 0 fully saturated rings. The second kappa shape index (κ2) is 6.68.